The summed E-state index contributed by atoms with van der Waals surface area (Å²) in [6.45, 7) is 0. The monoisotopic (exact) mass is 214 g/mol. The van der Waals surface area contributed by atoms with E-state index in [1.54, 1.807) is 18.6 Å². The van der Waals surface area contributed by atoms with Crippen molar-refractivity contribution in [3.05, 3.63) is 29.0 Å². The Hall–Kier alpha value is -1.13. The number of halogens is 2. The summed E-state index contributed by atoms with van der Waals surface area (Å²) >= 11 is 11.3. The van der Waals surface area contributed by atoms with E-state index in [0.29, 0.717) is 10.8 Å². The standard InChI is InChI=1S/C7H4Cl2N4/c8-6-1-4(12-7(9)13-6)5-2-10-3-11-5/h1-3H,(H,10,11). The summed E-state index contributed by atoms with van der Waals surface area (Å²) in [6.07, 6.45) is 3.19. The fourth-order valence-electron chi connectivity index (χ4n) is 0.924. The predicted molar refractivity (Wildman–Crippen MR) is 49.6 cm³/mol. The van der Waals surface area contributed by atoms with E-state index in [4.69, 9.17) is 23.2 Å². The highest BCUT2D eigenvalue weighted by Gasteiger charge is 2.04. The maximum absolute atomic E-state index is 5.70. The van der Waals surface area contributed by atoms with Gasteiger partial charge >= 0.3 is 0 Å². The maximum Gasteiger partial charge on any atom is 0.224 e. The van der Waals surface area contributed by atoms with Gasteiger partial charge in [-0.05, 0) is 11.6 Å². The number of nitrogens with one attached hydrogen (secondary N) is 1. The van der Waals surface area contributed by atoms with Gasteiger partial charge in [-0.25, -0.2) is 15.0 Å². The lowest BCUT2D eigenvalue weighted by atomic mass is 10.3. The highest BCUT2D eigenvalue weighted by Crippen LogP contribution is 2.18. The van der Waals surface area contributed by atoms with Crippen LogP contribution in [0.15, 0.2) is 18.6 Å². The smallest absolute Gasteiger partial charge is 0.224 e. The van der Waals surface area contributed by atoms with Crippen LogP contribution in [0.4, 0.5) is 0 Å². The number of nitrogens with zero attached hydrogens (tertiary/aromatic N) is 3. The Morgan fingerprint density at radius 3 is 2.69 bits per heavy atom. The van der Waals surface area contributed by atoms with Crippen LogP contribution in [0.1, 0.15) is 0 Å². The molecule has 2 aromatic heterocycles. The van der Waals surface area contributed by atoms with Crippen molar-refractivity contribution in [3.63, 3.8) is 0 Å². The van der Waals surface area contributed by atoms with Crippen LogP contribution in [0.25, 0.3) is 11.4 Å². The highest BCUT2D eigenvalue weighted by atomic mass is 35.5. The minimum atomic E-state index is 0.122. The Morgan fingerprint density at radius 1 is 1.23 bits per heavy atom. The number of hydrogen-bond acceptors (Lipinski definition) is 3. The van der Waals surface area contributed by atoms with E-state index in [1.165, 1.54) is 0 Å². The SMILES string of the molecule is Clc1cc(-c2cnc[nH]2)nc(Cl)n1. The van der Waals surface area contributed by atoms with E-state index in [-0.39, 0.29) is 5.28 Å². The van der Waals surface area contributed by atoms with Gasteiger partial charge in [0.15, 0.2) is 0 Å². The lowest BCUT2D eigenvalue weighted by molar-refractivity contribution is 1.16. The molecule has 0 radical (unpaired) electrons. The first-order valence-electron chi connectivity index (χ1n) is 3.44. The summed E-state index contributed by atoms with van der Waals surface area (Å²) in [7, 11) is 0. The average molecular weight is 215 g/mol. The maximum atomic E-state index is 5.70. The Morgan fingerprint density at radius 2 is 2.08 bits per heavy atom. The van der Waals surface area contributed by atoms with Gasteiger partial charge in [0.2, 0.25) is 5.28 Å². The minimum absolute atomic E-state index is 0.122. The molecule has 0 aliphatic rings. The van der Waals surface area contributed by atoms with Crippen LogP contribution < -0.4 is 0 Å². The van der Waals surface area contributed by atoms with Crippen molar-refractivity contribution < 1.29 is 0 Å². The molecular formula is C7H4Cl2N4. The number of aromatic amines is 1. The molecule has 0 bridgehead atoms. The summed E-state index contributed by atoms with van der Waals surface area (Å²) in [5.74, 6) is 0. The van der Waals surface area contributed by atoms with Gasteiger partial charge < -0.3 is 4.98 Å². The van der Waals surface area contributed by atoms with Crippen molar-refractivity contribution >= 4 is 23.2 Å². The van der Waals surface area contributed by atoms with Crippen LogP contribution >= 0.6 is 23.2 Å². The summed E-state index contributed by atoms with van der Waals surface area (Å²) in [5, 5.41) is 0.432. The van der Waals surface area contributed by atoms with Crippen LogP contribution in [-0.4, -0.2) is 19.9 Å². The molecule has 0 spiro atoms. The second kappa shape index (κ2) is 3.32. The Bertz CT molecular complexity index is 392. The summed E-state index contributed by atoms with van der Waals surface area (Å²) in [5.41, 5.74) is 1.38. The van der Waals surface area contributed by atoms with E-state index >= 15 is 0 Å². The van der Waals surface area contributed by atoms with Crippen LogP contribution in [0, 0.1) is 0 Å². The van der Waals surface area contributed by atoms with Crippen molar-refractivity contribution in [1.82, 2.24) is 19.9 Å². The number of hydrogen-bond donors (Lipinski definition) is 1. The molecule has 0 saturated carbocycles. The van der Waals surface area contributed by atoms with Crippen molar-refractivity contribution in [2.24, 2.45) is 0 Å². The molecule has 13 heavy (non-hydrogen) atoms. The molecule has 2 aromatic rings. The normalized spacial score (nSPS) is 10.3. The third-order valence-electron chi connectivity index (χ3n) is 1.44. The molecule has 66 valence electrons. The van der Waals surface area contributed by atoms with E-state index < -0.39 is 0 Å². The minimum Gasteiger partial charge on any atom is -0.343 e. The zero-order valence-electron chi connectivity index (χ0n) is 6.33. The molecule has 6 heteroatoms. The van der Waals surface area contributed by atoms with Crippen molar-refractivity contribution in [1.29, 1.82) is 0 Å². The van der Waals surface area contributed by atoms with Gasteiger partial charge in [-0.15, -0.1) is 0 Å². The number of aromatic nitrogens is 4. The molecule has 1 N–H and O–H groups in total. The topological polar surface area (TPSA) is 54.5 Å². The Labute approximate surface area is 84.0 Å². The average Bonchev–Trinajstić information content (AvgIpc) is 2.53. The molecule has 0 amide bonds. The first-order valence-corrected chi connectivity index (χ1v) is 4.20. The van der Waals surface area contributed by atoms with Crippen LogP contribution in [0.2, 0.25) is 10.4 Å². The molecule has 4 nitrogen and oxygen atoms in total. The highest BCUT2D eigenvalue weighted by molar-refractivity contribution is 6.32. The third kappa shape index (κ3) is 1.79. The molecular weight excluding hydrogens is 211 g/mol. The molecule has 0 unspecified atom stereocenters. The van der Waals surface area contributed by atoms with Gasteiger partial charge in [0.1, 0.15) is 5.15 Å². The predicted octanol–water partition coefficient (Wildman–Crippen LogP) is 2.17. The summed E-state index contributed by atoms with van der Waals surface area (Å²) in [6, 6.07) is 1.61. The Balaban J connectivity index is 2.53. The molecule has 2 heterocycles. The van der Waals surface area contributed by atoms with Crippen molar-refractivity contribution in [2.45, 2.75) is 0 Å². The van der Waals surface area contributed by atoms with E-state index in [9.17, 15) is 0 Å². The molecule has 0 saturated heterocycles. The molecule has 2 rings (SSSR count). The molecule has 0 fully saturated rings. The van der Waals surface area contributed by atoms with Gasteiger partial charge in [-0.3, -0.25) is 0 Å². The van der Waals surface area contributed by atoms with Crippen LogP contribution in [0.5, 0.6) is 0 Å². The van der Waals surface area contributed by atoms with Crippen molar-refractivity contribution in [2.75, 3.05) is 0 Å². The Kier molecular flexibility index (Phi) is 2.16. The largest absolute Gasteiger partial charge is 0.343 e. The van der Waals surface area contributed by atoms with E-state index in [0.717, 1.165) is 5.69 Å². The first-order chi connectivity index (χ1) is 6.25. The lowest BCUT2D eigenvalue weighted by Crippen LogP contribution is -1.87. The van der Waals surface area contributed by atoms with Gasteiger partial charge in [-0.1, -0.05) is 11.6 Å². The summed E-state index contributed by atoms with van der Waals surface area (Å²) < 4.78 is 0. The van der Waals surface area contributed by atoms with Crippen LogP contribution in [-0.2, 0) is 0 Å². The number of H-pyrrole nitrogens is 1. The fraction of sp³-hybridized carbons (Fsp3) is 0. The number of imidazole rings is 1. The van der Waals surface area contributed by atoms with E-state index in [2.05, 4.69) is 19.9 Å². The second-order valence-corrected chi connectivity index (χ2v) is 3.04. The number of rotatable bonds is 1. The van der Waals surface area contributed by atoms with Gasteiger partial charge in [-0.2, -0.15) is 0 Å². The third-order valence-corrected chi connectivity index (χ3v) is 1.80. The molecule has 0 aliphatic heterocycles. The fourth-order valence-corrected chi connectivity index (χ4v) is 1.33. The summed E-state index contributed by atoms with van der Waals surface area (Å²) in [4.78, 5) is 14.4. The molecule has 0 aromatic carbocycles. The zero-order chi connectivity index (χ0) is 9.26. The lowest BCUT2D eigenvalue weighted by Gasteiger charge is -1.97. The first kappa shape index (κ1) is 8.47. The second-order valence-electron chi connectivity index (χ2n) is 2.31. The zero-order valence-corrected chi connectivity index (χ0v) is 7.84. The van der Waals surface area contributed by atoms with Gasteiger partial charge in [0, 0.05) is 6.07 Å². The van der Waals surface area contributed by atoms with Gasteiger partial charge in [0.25, 0.3) is 0 Å². The van der Waals surface area contributed by atoms with Crippen molar-refractivity contribution in [3.8, 4) is 11.4 Å². The quantitative estimate of drug-likeness (QED) is 0.585. The molecule has 0 aliphatic carbocycles. The van der Waals surface area contributed by atoms with E-state index in [1.807, 2.05) is 0 Å². The molecule has 0 atom stereocenters. The van der Waals surface area contributed by atoms with Gasteiger partial charge in [0.05, 0.1) is 23.9 Å². The van der Waals surface area contributed by atoms with Crippen LogP contribution in [0.3, 0.4) is 0 Å².